The first-order valence-corrected chi connectivity index (χ1v) is 12.8. The molecular weight excluding hydrogens is 512 g/mol. The minimum absolute atomic E-state index is 0.0229. The quantitative estimate of drug-likeness (QED) is 0.579. The average Bonchev–Trinajstić information content (AvgIpc) is 3.34. The van der Waals surface area contributed by atoms with Gasteiger partial charge in [-0.15, -0.1) is 0 Å². The van der Waals surface area contributed by atoms with Gasteiger partial charge in [0.15, 0.2) is 11.5 Å². The summed E-state index contributed by atoms with van der Waals surface area (Å²) < 4.78 is 39.1. The second-order valence-electron chi connectivity index (χ2n) is 7.93. The summed E-state index contributed by atoms with van der Waals surface area (Å²) in [6, 6.07) is 12.2. The summed E-state index contributed by atoms with van der Waals surface area (Å²) in [6.45, 7) is 1.15. The van der Waals surface area contributed by atoms with Crippen LogP contribution in [0.4, 0.5) is 0 Å². The van der Waals surface area contributed by atoms with E-state index in [2.05, 4.69) is 26.8 Å². The van der Waals surface area contributed by atoms with Gasteiger partial charge in [-0.1, -0.05) is 28.1 Å². The number of nitrogens with one attached hydrogen (secondary N) is 2. The van der Waals surface area contributed by atoms with Crippen LogP contribution in [0.5, 0.6) is 11.5 Å². The predicted octanol–water partition coefficient (Wildman–Crippen LogP) is 1.91. The van der Waals surface area contributed by atoms with Crippen molar-refractivity contribution in [2.75, 3.05) is 40.4 Å². The number of benzene rings is 2. The van der Waals surface area contributed by atoms with E-state index in [4.69, 9.17) is 9.47 Å². The number of halogens is 1. The van der Waals surface area contributed by atoms with E-state index in [1.165, 1.54) is 30.7 Å². The van der Waals surface area contributed by atoms with Gasteiger partial charge in [0.05, 0.1) is 19.1 Å². The highest BCUT2D eigenvalue weighted by molar-refractivity contribution is 9.10. The second kappa shape index (κ2) is 9.98. The number of carbonyl (C=O) groups is 1. The number of methoxy groups -OCH3 is 2. The SMILES string of the molecule is COc1ccc(S(=O)(=O)N2CCN(C(=O)C3CC(c4ccc(Br)cc4)NN3)CC2)cc1OC. The van der Waals surface area contributed by atoms with E-state index < -0.39 is 10.0 Å². The first kappa shape index (κ1) is 24.0. The fourth-order valence-corrected chi connectivity index (χ4v) is 5.83. The molecule has 2 heterocycles. The van der Waals surface area contributed by atoms with Crippen molar-refractivity contribution in [2.45, 2.75) is 23.4 Å². The summed E-state index contributed by atoms with van der Waals surface area (Å²) in [5.74, 6) is 0.795. The minimum atomic E-state index is -3.71. The van der Waals surface area contributed by atoms with Crippen LogP contribution in [0.3, 0.4) is 0 Å². The van der Waals surface area contributed by atoms with Crippen molar-refractivity contribution in [3.8, 4) is 11.5 Å². The number of hydrazine groups is 1. The Bertz CT molecular complexity index is 1100. The predicted molar refractivity (Wildman–Crippen MR) is 126 cm³/mol. The molecule has 2 aliphatic heterocycles. The summed E-state index contributed by atoms with van der Waals surface area (Å²) in [7, 11) is -0.746. The monoisotopic (exact) mass is 538 g/mol. The third kappa shape index (κ3) is 5.02. The lowest BCUT2D eigenvalue weighted by atomic mass is 10.0. The molecule has 2 fully saturated rings. The van der Waals surface area contributed by atoms with Crippen LogP contribution in [-0.2, 0) is 14.8 Å². The van der Waals surface area contributed by atoms with Crippen molar-refractivity contribution in [2.24, 2.45) is 0 Å². The van der Waals surface area contributed by atoms with Gasteiger partial charge < -0.3 is 14.4 Å². The molecule has 0 radical (unpaired) electrons. The molecule has 1 amide bonds. The molecule has 33 heavy (non-hydrogen) atoms. The Kier molecular flexibility index (Phi) is 7.25. The molecule has 9 nitrogen and oxygen atoms in total. The van der Waals surface area contributed by atoms with Crippen LogP contribution in [0.2, 0.25) is 0 Å². The number of hydrogen-bond acceptors (Lipinski definition) is 7. The number of sulfonamides is 1. The Balaban J connectivity index is 1.36. The number of amides is 1. The molecule has 11 heteroatoms. The van der Waals surface area contributed by atoms with E-state index in [9.17, 15) is 13.2 Å². The number of piperazine rings is 1. The van der Waals surface area contributed by atoms with E-state index in [0.717, 1.165) is 10.0 Å². The second-order valence-corrected chi connectivity index (χ2v) is 10.8. The van der Waals surface area contributed by atoms with E-state index in [1.807, 2.05) is 24.3 Å². The van der Waals surface area contributed by atoms with Gasteiger partial charge in [-0.2, -0.15) is 4.31 Å². The minimum Gasteiger partial charge on any atom is -0.493 e. The highest BCUT2D eigenvalue weighted by Gasteiger charge is 2.36. The third-order valence-corrected chi connectivity index (χ3v) is 8.44. The van der Waals surface area contributed by atoms with Crippen molar-refractivity contribution >= 4 is 31.9 Å². The summed E-state index contributed by atoms with van der Waals surface area (Å²) in [5.41, 5.74) is 7.40. The molecule has 0 spiro atoms. The van der Waals surface area contributed by atoms with E-state index >= 15 is 0 Å². The Labute approximate surface area is 202 Å². The zero-order chi connectivity index (χ0) is 23.6. The Hall–Kier alpha value is -2.18. The summed E-state index contributed by atoms with van der Waals surface area (Å²) >= 11 is 3.43. The maximum Gasteiger partial charge on any atom is 0.243 e. The third-order valence-electron chi connectivity index (χ3n) is 6.02. The normalized spacial score (nSPS) is 21.7. The first-order valence-electron chi connectivity index (χ1n) is 10.6. The average molecular weight is 539 g/mol. The molecule has 2 aromatic carbocycles. The largest absolute Gasteiger partial charge is 0.493 e. The summed E-state index contributed by atoms with van der Waals surface area (Å²) in [5, 5.41) is 0. The van der Waals surface area contributed by atoms with Crippen LogP contribution < -0.4 is 20.3 Å². The van der Waals surface area contributed by atoms with Gasteiger partial charge in [0, 0.05) is 42.8 Å². The van der Waals surface area contributed by atoms with Gasteiger partial charge in [0.2, 0.25) is 15.9 Å². The lowest BCUT2D eigenvalue weighted by Gasteiger charge is -2.35. The number of nitrogens with zero attached hydrogens (tertiary/aromatic N) is 2. The van der Waals surface area contributed by atoms with Crippen molar-refractivity contribution < 1.29 is 22.7 Å². The molecule has 0 aliphatic carbocycles. The molecule has 2 aromatic rings. The fourth-order valence-electron chi connectivity index (χ4n) is 4.13. The van der Waals surface area contributed by atoms with Crippen LogP contribution in [0.1, 0.15) is 18.0 Å². The number of ether oxygens (including phenoxy) is 2. The van der Waals surface area contributed by atoms with Gasteiger partial charge in [0.1, 0.15) is 6.04 Å². The smallest absolute Gasteiger partial charge is 0.243 e. The molecule has 4 rings (SSSR count). The van der Waals surface area contributed by atoms with Crippen LogP contribution in [0.25, 0.3) is 0 Å². The molecule has 2 saturated heterocycles. The van der Waals surface area contributed by atoms with Crippen molar-refractivity contribution in [3.63, 3.8) is 0 Å². The Morgan fingerprint density at radius 2 is 1.64 bits per heavy atom. The number of hydrogen-bond donors (Lipinski definition) is 2. The zero-order valence-electron chi connectivity index (χ0n) is 18.5. The molecular formula is C22H27BrN4O5S. The maximum atomic E-state index is 13.1. The highest BCUT2D eigenvalue weighted by atomic mass is 79.9. The van der Waals surface area contributed by atoms with Crippen LogP contribution in [-0.4, -0.2) is 70.0 Å². The molecule has 2 aliphatic rings. The van der Waals surface area contributed by atoms with Gasteiger partial charge in [-0.05, 0) is 36.2 Å². The number of rotatable bonds is 6. The summed E-state index contributed by atoms with van der Waals surface area (Å²) in [4.78, 5) is 14.9. The maximum absolute atomic E-state index is 13.1. The molecule has 0 saturated carbocycles. The van der Waals surface area contributed by atoms with Gasteiger partial charge >= 0.3 is 0 Å². The van der Waals surface area contributed by atoms with Crippen LogP contribution >= 0.6 is 15.9 Å². The summed E-state index contributed by atoms with van der Waals surface area (Å²) in [6.07, 6.45) is 0.630. The zero-order valence-corrected chi connectivity index (χ0v) is 20.9. The molecule has 2 atom stereocenters. The molecule has 2 N–H and O–H groups in total. The van der Waals surface area contributed by atoms with E-state index in [-0.39, 0.29) is 36.0 Å². The van der Waals surface area contributed by atoms with E-state index in [0.29, 0.717) is 31.0 Å². The first-order chi connectivity index (χ1) is 15.8. The standard InChI is InChI=1S/C22H27BrN4O5S/c1-31-20-8-7-17(13-21(20)32-2)33(29,30)27-11-9-26(10-12-27)22(28)19-14-18(24-25-19)15-3-5-16(23)6-4-15/h3-8,13,18-19,24-25H,9-12,14H2,1-2H3. The molecule has 2 unspecified atom stereocenters. The Morgan fingerprint density at radius 1 is 0.970 bits per heavy atom. The topological polar surface area (TPSA) is 100 Å². The highest BCUT2D eigenvalue weighted by Crippen LogP contribution is 2.31. The lowest BCUT2D eigenvalue weighted by Crippen LogP contribution is -2.54. The molecule has 0 aromatic heterocycles. The van der Waals surface area contributed by atoms with Gasteiger partial charge in [-0.3, -0.25) is 4.79 Å². The van der Waals surface area contributed by atoms with Crippen molar-refractivity contribution in [1.29, 1.82) is 0 Å². The Morgan fingerprint density at radius 3 is 2.27 bits per heavy atom. The number of carbonyl (C=O) groups excluding carboxylic acids is 1. The van der Waals surface area contributed by atoms with E-state index in [1.54, 1.807) is 11.0 Å². The van der Waals surface area contributed by atoms with Crippen LogP contribution in [0, 0.1) is 0 Å². The molecule has 178 valence electrons. The van der Waals surface area contributed by atoms with Crippen molar-refractivity contribution in [3.05, 3.63) is 52.5 Å². The molecule has 0 bridgehead atoms. The fraction of sp³-hybridized carbons (Fsp3) is 0.409. The van der Waals surface area contributed by atoms with Gasteiger partial charge in [0.25, 0.3) is 0 Å². The van der Waals surface area contributed by atoms with Crippen molar-refractivity contribution in [1.82, 2.24) is 20.1 Å². The van der Waals surface area contributed by atoms with Gasteiger partial charge in [-0.25, -0.2) is 19.3 Å². The lowest BCUT2D eigenvalue weighted by molar-refractivity contribution is -0.134. The van der Waals surface area contributed by atoms with Crippen LogP contribution in [0.15, 0.2) is 51.8 Å².